The van der Waals surface area contributed by atoms with E-state index in [0.29, 0.717) is 12.1 Å². The molecule has 0 atom stereocenters. The summed E-state index contributed by atoms with van der Waals surface area (Å²) in [6.45, 7) is 0. The second kappa shape index (κ2) is 6.02. The summed E-state index contributed by atoms with van der Waals surface area (Å²) in [4.78, 5) is 15.1. The third-order valence-electron chi connectivity index (χ3n) is 3.33. The van der Waals surface area contributed by atoms with Gasteiger partial charge in [0.05, 0.1) is 12.5 Å². The lowest BCUT2D eigenvalue weighted by atomic mass is 10.1. The number of anilines is 2. The van der Waals surface area contributed by atoms with Gasteiger partial charge in [-0.15, -0.1) is 0 Å². The van der Waals surface area contributed by atoms with E-state index >= 15 is 0 Å². The fourth-order valence-electron chi connectivity index (χ4n) is 2.30. The minimum Gasteiger partial charge on any atom is -0.361 e. The molecule has 22 heavy (non-hydrogen) atoms. The molecule has 5 heteroatoms. The quantitative estimate of drug-likeness (QED) is 0.684. The first-order valence-electron chi connectivity index (χ1n) is 6.86. The standard InChI is InChI=1S/C17H14N4O/c18-9-8-12-11-19-16-7-6-14(10-15(12)16)21-17(22)20-13-4-2-1-3-5-13/h1-7,10-11,19H,8H2,(H2,20,21,22). The van der Waals surface area contributed by atoms with E-state index in [1.54, 1.807) is 0 Å². The van der Waals surface area contributed by atoms with Gasteiger partial charge in [0.15, 0.2) is 0 Å². The highest BCUT2D eigenvalue weighted by molar-refractivity contribution is 6.01. The van der Waals surface area contributed by atoms with Crippen molar-refractivity contribution in [1.82, 2.24) is 4.98 Å². The number of amides is 2. The number of hydrogen-bond donors (Lipinski definition) is 3. The van der Waals surface area contributed by atoms with E-state index in [4.69, 9.17) is 5.26 Å². The van der Waals surface area contributed by atoms with Crippen LogP contribution in [-0.4, -0.2) is 11.0 Å². The third-order valence-corrected chi connectivity index (χ3v) is 3.33. The Hall–Kier alpha value is -3.26. The molecule has 2 amide bonds. The Labute approximate surface area is 127 Å². The first-order chi connectivity index (χ1) is 10.8. The van der Waals surface area contributed by atoms with Crippen LogP contribution in [0.15, 0.2) is 54.7 Å². The van der Waals surface area contributed by atoms with Crippen LogP contribution in [0.2, 0.25) is 0 Å². The van der Waals surface area contributed by atoms with Gasteiger partial charge in [0.1, 0.15) is 0 Å². The van der Waals surface area contributed by atoms with Crippen molar-refractivity contribution >= 4 is 28.3 Å². The van der Waals surface area contributed by atoms with E-state index in [2.05, 4.69) is 21.7 Å². The maximum absolute atomic E-state index is 12.0. The van der Waals surface area contributed by atoms with Crippen molar-refractivity contribution in [2.24, 2.45) is 0 Å². The van der Waals surface area contributed by atoms with Gasteiger partial charge in [0.25, 0.3) is 0 Å². The highest BCUT2D eigenvalue weighted by atomic mass is 16.2. The second-order valence-corrected chi connectivity index (χ2v) is 4.85. The Bertz CT molecular complexity index is 846. The lowest BCUT2D eigenvalue weighted by Gasteiger charge is -2.08. The highest BCUT2D eigenvalue weighted by Gasteiger charge is 2.07. The van der Waals surface area contributed by atoms with Crippen LogP contribution < -0.4 is 10.6 Å². The molecule has 1 heterocycles. The minimum atomic E-state index is -0.303. The van der Waals surface area contributed by atoms with Crippen LogP contribution in [0.25, 0.3) is 10.9 Å². The molecule has 0 saturated heterocycles. The Kier molecular flexibility index (Phi) is 3.75. The fraction of sp³-hybridized carbons (Fsp3) is 0.0588. The van der Waals surface area contributed by atoms with Gasteiger partial charge in [-0.3, -0.25) is 0 Å². The number of carbonyl (C=O) groups is 1. The molecule has 0 aliphatic rings. The predicted molar refractivity (Wildman–Crippen MR) is 86.7 cm³/mol. The molecule has 0 saturated carbocycles. The number of nitrogens with one attached hydrogen (secondary N) is 3. The maximum Gasteiger partial charge on any atom is 0.323 e. The summed E-state index contributed by atoms with van der Waals surface area (Å²) < 4.78 is 0. The number of hydrogen-bond acceptors (Lipinski definition) is 2. The number of nitriles is 1. The molecular formula is C17H14N4O. The van der Waals surface area contributed by atoms with Gasteiger partial charge < -0.3 is 15.6 Å². The number of aromatic amines is 1. The number of H-pyrrole nitrogens is 1. The molecule has 1 aromatic heterocycles. The summed E-state index contributed by atoms with van der Waals surface area (Å²) in [5.74, 6) is 0. The highest BCUT2D eigenvalue weighted by Crippen LogP contribution is 2.23. The van der Waals surface area contributed by atoms with Crippen LogP contribution in [-0.2, 0) is 6.42 Å². The number of para-hydroxylation sites is 1. The van der Waals surface area contributed by atoms with Gasteiger partial charge >= 0.3 is 6.03 Å². The molecule has 0 fully saturated rings. The van der Waals surface area contributed by atoms with Gasteiger partial charge in [0, 0.05) is 28.5 Å². The van der Waals surface area contributed by atoms with Gasteiger partial charge in [-0.05, 0) is 35.9 Å². The average Bonchev–Trinajstić information content (AvgIpc) is 2.91. The van der Waals surface area contributed by atoms with Gasteiger partial charge in [0.2, 0.25) is 0 Å². The normalized spacial score (nSPS) is 10.1. The molecule has 0 spiro atoms. The van der Waals surface area contributed by atoms with Crippen LogP contribution >= 0.6 is 0 Å². The monoisotopic (exact) mass is 290 g/mol. The molecule has 2 aromatic carbocycles. The largest absolute Gasteiger partial charge is 0.361 e. The topological polar surface area (TPSA) is 80.7 Å². The number of aromatic nitrogens is 1. The van der Waals surface area contributed by atoms with E-state index in [-0.39, 0.29) is 6.03 Å². The summed E-state index contributed by atoms with van der Waals surface area (Å²) in [5.41, 5.74) is 3.27. The molecule has 3 rings (SSSR count). The lowest BCUT2D eigenvalue weighted by Crippen LogP contribution is -2.19. The van der Waals surface area contributed by atoms with Crippen molar-refractivity contribution in [3.63, 3.8) is 0 Å². The second-order valence-electron chi connectivity index (χ2n) is 4.85. The molecule has 108 valence electrons. The predicted octanol–water partition coefficient (Wildman–Crippen LogP) is 3.88. The van der Waals surface area contributed by atoms with Gasteiger partial charge in [-0.25, -0.2) is 4.79 Å². The van der Waals surface area contributed by atoms with Crippen molar-refractivity contribution in [3.05, 3.63) is 60.3 Å². The van der Waals surface area contributed by atoms with E-state index in [9.17, 15) is 4.79 Å². The van der Waals surface area contributed by atoms with Crippen LogP contribution in [0.3, 0.4) is 0 Å². The number of urea groups is 1. The molecular weight excluding hydrogens is 276 g/mol. The van der Waals surface area contributed by atoms with Crippen LogP contribution in [0, 0.1) is 11.3 Å². The molecule has 0 unspecified atom stereocenters. The minimum absolute atomic E-state index is 0.303. The molecule has 0 aliphatic carbocycles. The molecule has 0 bridgehead atoms. The van der Waals surface area contributed by atoms with Gasteiger partial charge in [-0.1, -0.05) is 18.2 Å². The first kappa shape index (κ1) is 13.7. The Morgan fingerprint density at radius 2 is 1.86 bits per heavy atom. The summed E-state index contributed by atoms with van der Waals surface area (Å²) in [5, 5.41) is 15.3. The SMILES string of the molecule is N#CCc1c[nH]c2ccc(NC(=O)Nc3ccccc3)cc12. The fourth-order valence-corrected chi connectivity index (χ4v) is 2.30. The first-order valence-corrected chi connectivity index (χ1v) is 6.86. The zero-order valence-corrected chi connectivity index (χ0v) is 11.8. The lowest BCUT2D eigenvalue weighted by molar-refractivity contribution is 0.262. The van der Waals surface area contributed by atoms with Crippen molar-refractivity contribution in [2.75, 3.05) is 10.6 Å². The Morgan fingerprint density at radius 3 is 2.64 bits per heavy atom. The summed E-state index contributed by atoms with van der Waals surface area (Å²) in [7, 11) is 0. The zero-order chi connectivity index (χ0) is 15.4. The van der Waals surface area contributed by atoms with Crippen molar-refractivity contribution in [1.29, 1.82) is 5.26 Å². The van der Waals surface area contributed by atoms with Gasteiger partial charge in [-0.2, -0.15) is 5.26 Å². The summed E-state index contributed by atoms with van der Waals surface area (Å²) in [6, 6.07) is 16.6. The van der Waals surface area contributed by atoms with E-state index in [1.807, 2.05) is 54.7 Å². The molecule has 0 aliphatic heterocycles. The van der Waals surface area contributed by atoms with Crippen LogP contribution in [0.4, 0.5) is 16.2 Å². The maximum atomic E-state index is 12.0. The number of nitrogens with zero attached hydrogens (tertiary/aromatic N) is 1. The van der Waals surface area contributed by atoms with E-state index < -0.39 is 0 Å². The molecule has 3 aromatic rings. The molecule has 3 N–H and O–H groups in total. The number of fused-ring (bicyclic) bond motifs is 1. The Balaban J connectivity index is 1.77. The molecule has 0 radical (unpaired) electrons. The third kappa shape index (κ3) is 2.91. The average molecular weight is 290 g/mol. The number of rotatable bonds is 3. The van der Waals surface area contributed by atoms with Crippen LogP contribution in [0.1, 0.15) is 5.56 Å². The summed E-state index contributed by atoms with van der Waals surface area (Å²) >= 11 is 0. The van der Waals surface area contributed by atoms with E-state index in [0.717, 1.165) is 22.2 Å². The van der Waals surface area contributed by atoms with Crippen molar-refractivity contribution in [2.45, 2.75) is 6.42 Å². The smallest absolute Gasteiger partial charge is 0.323 e. The van der Waals surface area contributed by atoms with E-state index in [1.165, 1.54) is 0 Å². The van der Waals surface area contributed by atoms with Crippen LogP contribution in [0.5, 0.6) is 0 Å². The van der Waals surface area contributed by atoms with Crippen molar-refractivity contribution in [3.8, 4) is 6.07 Å². The Morgan fingerprint density at radius 1 is 1.09 bits per heavy atom. The van der Waals surface area contributed by atoms with Crippen molar-refractivity contribution < 1.29 is 4.79 Å². The molecule has 5 nitrogen and oxygen atoms in total. The number of benzene rings is 2. The number of carbonyl (C=O) groups excluding carboxylic acids is 1. The summed E-state index contributed by atoms with van der Waals surface area (Å²) in [6.07, 6.45) is 2.15. The zero-order valence-electron chi connectivity index (χ0n) is 11.8.